The molecule has 0 unspecified atom stereocenters. The Labute approximate surface area is 446 Å². The SMILES string of the molecule is CCOc1cc(I)cc(C(=O)O)c1OC(=O)CCCCCCC(=O)Oc1c(OCC)cc(I)cc1C(=O)O.Cc1cc(Br)c(OC(=O)CCCCC(=O)Oc2c(Br)cc(C)cc2C(=O)O)c(C(=O)O)c1. The molecule has 0 amide bonds. The Morgan fingerprint density at radius 2 is 0.700 bits per heavy atom. The molecule has 4 N–H and O–H groups in total. The lowest BCUT2D eigenvalue weighted by Gasteiger charge is -2.14. The van der Waals surface area contributed by atoms with E-state index < -0.39 is 47.8 Å². The number of benzene rings is 4. The summed E-state index contributed by atoms with van der Waals surface area (Å²) in [5, 5.41) is 37.6. The van der Waals surface area contributed by atoms with E-state index in [2.05, 4.69) is 31.9 Å². The average molecular weight is 1330 g/mol. The number of esters is 4. The fourth-order valence-corrected chi connectivity index (χ4v) is 8.76. The molecule has 0 bridgehead atoms. The van der Waals surface area contributed by atoms with Crippen LogP contribution in [0, 0.1) is 21.0 Å². The molecule has 0 saturated heterocycles. The summed E-state index contributed by atoms with van der Waals surface area (Å²) in [6.07, 6.45) is 2.80. The van der Waals surface area contributed by atoms with Crippen molar-refractivity contribution < 1.29 is 87.2 Å². The normalized spacial score (nSPS) is 10.5. The average Bonchev–Trinajstić information content (AvgIpc) is 3.27. The number of aryl methyl sites for hydroxylation is 2. The zero-order valence-corrected chi connectivity index (χ0v) is 45.6. The van der Waals surface area contributed by atoms with Crippen molar-refractivity contribution in [1.82, 2.24) is 0 Å². The van der Waals surface area contributed by atoms with Gasteiger partial charge in [0.1, 0.15) is 22.3 Å². The number of carboxylic acid groups (broad SMARTS) is 4. The molecule has 0 saturated carbocycles. The minimum absolute atomic E-state index is 0.0404. The molecule has 376 valence electrons. The topological polar surface area (TPSA) is 273 Å². The van der Waals surface area contributed by atoms with Gasteiger partial charge < -0.3 is 48.8 Å². The maximum Gasteiger partial charge on any atom is 0.339 e. The molecule has 4 rings (SSSR count). The molecule has 4 aromatic carbocycles. The lowest BCUT2D eigenvalue weighted by Crippen LogP contribution is -2.13. The number of carbonyl (C=O) groups is 8. The standard InChI is InChI=1S/C26H28I2O10.C22H20Br2O8/c1-3-35-19-13-15(27)11-17(25(31)32)23(19)37-21(29)9-7-5-6-8-10-22(30)38-24-18(26(33)34)12-16(28)14-20(24)36-4-2;1-11-7-13(21(27)28)19(15(23)9-11)31-17(25)5-3-4-6-18(26)32-20-14(22(29)30)8-12(2)10-16(20)24/h11-14H,3-10H2,1-2H3,(H,31,32)(H,33,34);7-10H,3-6H2,1-2H3,(H,27,28)(H,29,30). The van der Waals surface area contributed by atoms with Crippen molar-refractivity contribution in [2.24, 2.45) is 0 Å². The molecule has 0 heterocycles. The number of hydrogen-bond donors (Lipinski definition) is 4. The van der Waals surface area contributed by atoms with Gasteiger partial charge in [-0.05, 0) is 190 Å². The maximum absolute atomic E-state index is 12.4. The van der Waals surface area contributed by atoms with E-state index in [9.17, 15) is 58.8 Å². The molecule has 70 heavy (non-hydrogen) atoms. The number of ether oxygens (including phenoxy) is 6. The summed E-state index contributed by atoms with van der Waals surface area (Å²) in [4.78, 5) is 95.0. The lowest BCUT2D eigenvalue weighted by atomic mass is 10.1. The Bertz CT molecular complexity index is 2440. The third-order valence-electron chi connectivity index (χ3n) is 9.32. The zero-order chi connectivity index (χ0) is 52.2. The van der Waals surface area contributed by atoms with E-state index in [-0.39, 0.29) is 95.6 Å². The summed E-state index contributed by atoms with van der Waals surface area (Å²) in [6, 6.07) is 12.1. The first kappa shape index (κ1) is 59.0. The van der Waals surface area contributed by atoms with Gasteiger partial charge in [-0.25, -0.2) is 19.2 Å². The molecule has 0 atom stereocenters. The van der Waals surface area contributed by atoms with Gasteiger partial charge in [-0.2, -0.15) is 0 Å². The molecule has 0 radical (unpaired) electrons. The molecular weight excluding hydrogens is 1280 g/mol. The Morgan fingerprint density at radius 3 is 0.986 bits per heavy atom. The summed E-state index contributed by atoms with van der Waals surface area (Å²) in [7, 11) is 0. The second kappa shape index (κ2) is 29.1. The number of halogens is 4. The molecule has 22 heteroatoms. The van der Waals surface area contributed by atoms with Crippen LogP contribution in [-0.2, 0) is 19.2 Å². The van der Waals surface area contributed by atoms with Gasteiger partial charge >= 0.3 is 47.8 Å². The fraction of sp³-hybridized carbons (Fsp3) is 0.333. The van der Waals surface area contributed by atoms with Gasteiger partial charge in [-0.3, -0.25) is 19.2 Å². The van der Waals surface area contributed by atoms with Crippen LogP contribution in [0.3, 0.4) is 0 Å². The van der Waals surface area contributed by atoms with Crippen molar-refractivity contribution in [1.29, 1.82) is 0 Å². The number of carboxylic acids is 4. The first-order valence-electron chi connectivity index (χ1n) is 21.3. The van der Waals surface area contributed by atoms with Crippen LogP contribution in [0.2, 0.25) is 0 Å². The monoisotopic (exact) mass is 1320 g/mol. The highest BCUT2D eigenvalue weighted by Gasteiger charge is 2.24. The van der Waals surface area contributed by atoms with Gasteiger partial charge in [0.25, 0.3) is 0 Å². The number of carbonyl (C=O) groups excluding carboxylic acids is 4. The highest BCUT2D eigenvalue weighted by Crippen LogP contribution is 2.37. The molecule has 0 aliphatic carbocycles. The number of unbranched alkanes of at least 4 members (excludes halogenated alkanes) is 4. The molecule has 0 spiro atoms. The van der Waals surface area contributed by atoms with Crippen molar-refractivity contribution in [3.63, 3.8) is 0 Å². The summed E-state index contributed by atoms with van der Waals surface area (Å²) in [6.45, 7) is 7.48. The van der Waals surface area contributed by atoms with Crippen molar-refractivity contribution in [2.75, 3.05) is 13.2 Å². The molecule has 0 fully saturated rings. The van der Waals surface area contributed by atoms with Crippen LogP contribution in [0.1, 0.15) is 131 Å². The summed E-state index contributed by atoms with van der Waals surface area (Å²) >= 11 is 10.3. The van der Waals surface area contributed by atoms with Crippen LogP contribution in [0.25, 0.3) is 0 Å². The van der Waals surface area contributed by atoms with E-state index in [1.165, 1.54) is 24.3 Å². The van der Waals surface area contributed by atoms with Gasteiger partial charge in [0, 0.05) is 32.8 Å². The highest BCUT2D eigenvalue weighted by molar-refractivity contribution is 14.1. The fourth-order valence-electron chi connectivity index (χ4n) is 6.26. The zero-order valence-electron chi connectivity index (χ0n) is 38.1. The molecule has 0 aliphatic heterocycles. The van der Waals surface area contributed by atoms with Gasteiger partial charge in [0.05, 0.1) is 22.2 Å². The van der Waals surface area contributed by atoms with Crippen LogP contribution in [0.15, 0.2) is 57.5 Å². The van der Waals surface area contributed by atoms with E-state index in [1.807, 2.05) is 45.2 Å². The Kier molecular flexibility index (Phi) is 24.5. The van der Waals surface area contributed by atoms with Crippen molar-refractivity contribution in [3.8, 4) is 34.5 Å². The first-order chi connectivity index (χ1) is 33.1. The van der Waals surface area contributed by atoms with Crippen molar-refractivity contribution in [3.05, 3.63) is 98.0 Å². The van der Waals surface area contributed by atoms with Gasteiger partial charge in [0.15, 0.2) is 34.5 Å². The second-order valence-corrected chi connectivity index (χ2v) is 19.1. The molecule has 0 aliphatic rings. The van der Waals surface area contributed by atoms with Crippen LogP contribution in [0.5, 0.6) is 34.5 Å². The molecule has 4 aromatic rings. The highest BCUT2D eigenvalue weighted by atomic mass is 127. The van der Waals surface area contributed by atoms with Crippen molar-refractivity contribution in [2.45, 2.75) is 91.9 Å². The Morgan fingerprint density at radius 1 is 0.429 bits per heavy atom. The van der Waals surface area contributed by atoms with Crippen LogP contribution >= 0.6 is 77.0 Å². The Hall–Kier alpha value is -5.34. The summed E-state index contributed by atoms with van der Waals surface area (Å²) < 4.78 is 34.0. The predicted octanol–water partition coefficient (Wildman–Crippen LogP) is 11.2. The number of rotatable bonds is 24. The number of hydrogen-bond acceptors (Lipinski definition) is 14. The molecule has 0 aromatic heterocycles. The summed E-state index contributed by atoms with van der Waals surface area (Å²) in [5.74, 6) is -7.34. The lowest BCUT2D eigenvalue weighted by molar-refractivity contribution is -0.136. The van der Waals surface area contributed by atoms with E-state index in [0.717, 1.165) is 0 Å². The third-order valence-corrected chi connectivity index (χ3v) is 11.7. The number of aromatic carboxylic acids is 4. The summed E-state index contributed by atoms with van der Waals surface area (Å²) in [5.41, 5.74) is 0.814. The quantitative estimate of drug-likeness (QED) is 0.0220. The Balaban J connectivity index is 0.000000376. The largest absolute Gasteiger partial charge is 0.490 e. The molecular formula is C48H48Br2I2O18. The predicted molar refractivity (Wildman–Crippen MR) is 275 cm³/mol. The minimum Gasteiger partial charge on any atom is -0.490 e. The smallest absolute Gasteiger partial charge is 0.339 e. The van der Waals surface area contributed by atoms with Gasteiger partial charge in [0.2, 0.25) is 0 Å². The third kappa shape index (κ3) is 18.8. The van der Waals surface area contributed by atoms with E-state index >= 15 is 0 Å². The van der Waals surface area contributed by atoms with Crippen LogP contribution < -0.4 is 28.4 Å². The van der Waals surface area contributed by atoms with Crippen LogP contribution in [-0.4, -0.2) is 81.4 Å². The maximum atomic E-state index is 12.4. The van der Waals surface area contributed by atoms with E-state index in [4.69, 9.17) is 28.4 Å². The van der Waals surface area contributed by atoms with Crippen LogP contribution in [0.4, 0.5) is 0 Å². The minimum atomic E-state index is -1.23. The van der Waals surface area contributed by atoms with E-state index in [1.54, 1.807) is 52.0 Å². The van der Waals surface area contributed by atoms with Gasteiger partial charge in [-0.15, -0.1) is 0 Å². The molecule has 18 nitrogen and oxygen atoms in total. The van der Waals surface area contributed by atoms with Crippen molar-refractivity contribution >= 4 is 125 Å². The van der Waals surface area contributed by atoms with E-state index in [0.29, 0.717) is 65.7 Å². The van der Waals surface area contributed by atoms with Gasteiger partial charge in [-0.1, -0.05) is 12.8 Å². The second-order valence-electron chi connectivity index (χ2n) is 14.9. The first-order valence-corrected chi connectivity index (χ1v) is 25.1.